The fourth-order valence-electron chi connectivity index (χ4n) is 2.67. The first-order valence-corrected chi connectivity index (χ1v) is 9.25. The van der Waals surface area contributed by atoms with E-state index in [2.05, 4.69) is 29.4 Å². The molecule has 2 aromatic carbocycles. The molecular weight excluding hydrogens is 330 g/mol. The van der Waals surface area contributed by atoms with Crippen molar-refractivity contribution in [2.24, 2.45) is 7.05 Å². The van der Waals surface area contributed by atoms with Crippen molar-refractivity contribution in [1.29, 1.82) is 0 Å². The van der Waals surface area contributed by atoms with Crippen molar-refractivity contribution in [3.8, 4) is 11.3 Å². The minimum absolute atomic E-state index is 0.0184. The van der Waals surface area contributed by atoms with Gasteiger partial charge in [-0.15, -0.1) is 0 Å². The van der Waals surface area contributed by atoms with Gasteiger partial charge in [0.25, 0.3) is 0 Å². The third-order valence-electron chi connectivity index (χ3n) is 4.02. The largest absolute Gasteiger partial charge is 0.325 e. The number of aromatic nitrogens is 2. The Labute approximate surface area is 152 Å². The molecule has 0 radical (unpaired) electrons. The molecule has 1 amide bonds. The molecule has 0 fully saturated rings. The van der Waals surface area contributed by atoms with Gasteiger partial charge in [-0.1, -0.05) is 67.2 Å². The second kappa shape index (κ2) is 8.03. The van der Waals surface area contributed by atoms with Crippen molar-refractivity contribution >= 4 is 23.4 Å². The van der Waals surface area contributed by atoms with Crippen molar-refractivity contribution in [3.63, 3.8) is 0 Å². The van der Waals surface area contributed by atoms with E-state index in [1.54, 1.807) is 0 Å². The monoisotopic (exact) mass is 351 g/mol. The summed E-state index contributed by atoms with van der Waals surface area (Å²) >= 11 is 1.44. The predicted octanol–water partition coefficient (Wildman–Crippen LogP) is 4.38. The first-order valence-electron chi connectivity index (χ1n) is 8.26. The van der Waals surface area contributed by atoms with Gasteiger partial charge in [-0.25, -0.2) is 4.98 Å². The number of benzene rings is 2. The number of carbonyl (C=O) groups is 1. The third kappa shape index (κ3) is 4.12. The van der Waals surface area contributed by atoms with Crippen LogP contribution in [0.25, 0.3) is 11.3 Å². The average molecular weight is 351 g/mol. The van der Waals surface area contributed by atoms with Crippen molar-refractivity contribution in [2.75, 3.05) is 11.1 Å². The summed E-state index contributed by atoms with van der Waals surface area (Å²) in [5.41, 5.74) is 4.19. The molecule has 0 saturated heterocycles. The Bertz CT molecular complexity index is 858. The topological polar surface area (TPSA) is 46.9 Å². The maximum absolute atomic E-state index is 12.3. The number of thioether (sulfide) groups is 1. The van der Waals surface area contributed by atoms with Gasteiger partial charge in [0.15, 0.2) is 5.16 Å². The van der Waals surface area contributed by atoms with Crippen LogP contribution in [0, 0.1) is 0 Å². The van der Waals surface area contributed by atoms with E-state index in [1.807, 2.05) is 60.3 Å². The van der Waals surface area contributed by atoms with Crippen LogP contribution < -0.4 is 5.32 Å². The molecule has 0 aliphatic carbocycles. The van der Waals surface area contributed by atoms with Gasteiger partial charge in [0.1, 0.15) is 0 Å². The summed E-state index contributed by atoms with van der Waals surface area (Å²) in [7, 11) is 1.97. The normalized spacial score (nSPS) is 10.6. The van der Waals surface area contributed by atoms with Crippen LogP contribution in [0.2, 0.25) is 0 Å². The van der Waals surface area contributed by atoms with Crippen LogP contribution in [-0.4, -0.2) is 21.2 Å². The van der Waals surface area contributed by atoms with Gasteiger partial charge in [0.2, 0.25) is 5.91 Å². The Balaban J connectivity index is 1.64. The Morgan fingerprint density at radius 2 is 1.84 bits per heavy atom. The molecule has 0 spiro atoms. The van der Waals surface area contributed by atoms with Gasteiger partial charge < -0.3 is 9.88 Å². The maximum Gasteiger partial charge on any atom is 0.234 e. The molecule has 0 bridgehead atoms. The van der Waals surface area contributed by atoms with E-state index in [1.165, 1.54) is 11.8 Å². The van der Waals surface area contributed by atoms with Crippen LogP contribution in [0.4, 0.5) is 5.69 Å². The van der Waals surface area contributed by atoms with Crippen LogP contribution in [0.1, 0.15) is 12.5 Å². The molecule has 0 atom stereocenters. The Hall–Kier alpha value is -2.53. The number of anilines is 1. The SMILES string of the molecule is CCc1ccccc1NC(=O)CSc1ncc(-c2ccccc2)n1C. The number of imidazole rings is 1. The second-order valence-electron chi connectivity index (χ2n) is 5.70. The van der Waals surface area contributed by atoms with Crippen molar-refractivity contribution in [3.05, 3.63) is 66.4 Å². The molecule has 0 aliphatic heterocycles. The number of nitrogens with one attached hydrogen (secondary N) is 1. The molecular formula is C20H21N3OS. The number of amides is 1. The van der Waals surface area contributed by atoms with Crippen molar-refractivity contribution in [1.82, 2.24) is 9.55 Å². The fourth-order valence-corrected chi connectivity index (χ4v) is 3.42. The van der Waals surface area contributed by atoms with Crippen LogP contribution in [-0.2, 0) is 18.3 Å². The smallest absolute Gasteiger partial charge is 0.234 e. The molecule has 0 aliphatic rings. The minimum Gasteiger partial charge on any atom is -0.325 e. The zero-order valence-corrected chi connectivity index (χ0v) is 15.2. The van der Waals surface area contributed by atoms with E-state index in [9.17, 15) is 4.79 Å². The first kappa shape index (κ1) is 17.3. The molecule has 0 saturated carbocycles. The number of hydrogen-bond donors (Lipinski definition) is 1. The van der Waals surface area contributed by atoms with E-state index in [0.717, 1.165) is 34.1 Å². The molecule has 3 rings (SSSR count). The van der Waals surface area contributed by atoms with E-state index in [0.29, 0.717) is 5.75 Å². The standard InChI is InChI=1S/C20H21N3OS/c1-3-15-9-7-8-12-17(15)22-19(24)14-25-20-21-13-18(23(20)2)16-10-5-4-6-11-16/h4-13H,3,14H2,1-2H3,(H,22,24). The molecule has 4 nitrogen and oxygen atoms in total. The first-order chi connectivity index (χ1) is 12.2. The maximum atomic E-state index is 12.3. The molecule has 3 aromatic rings. The van der Waals surface area contributed by atoms with Gasteiger partial charge in [0, 0.05) is 12.7 Å². The van der Waals surface area contributed by atoms with E-state index in [4.69, 9.17) is 0 Å². The van der Waals surface area contributed by atoms with E-state index < -0.39 is 0 Å². The summed E-state index contributed by atoms with van der Waals surface area (Å²) in [5.74, 6) is 0.312. The molecule has 128 valence electrons. The Kier molecular flexibility index (Phi) is 5.56. The van der Waals surface area contributed by atoms with E-state index >= 15 is 0 Å². The lowest BCUT2D eigenvalue weighted by Gasteiger charge is -2.09. The summed E-state index contributed by atoms with van der Waals surface area (Å²) in [4.78, 5) is 16.7. The average Bonchev–Trinajstić information content (AvgIpc) is 3.02. The number of aryl methyl sites for hydroxylation is 1. The zero-order valence-electron chi connectivity index (χ0n) is 14.4. The highest BCUT2D eigenvalue weighted by Crippen LogP contribution is 2.25. The number of nitrogens with zero attached hydrogens (tertiary/aromatic N) is 2. The van der Waals surface area contributed by atoms with Gasteiger partial charge in [-0.05, 0) is 23.6 Å². The number of para-hydroxylation sites is 1. The predicted molar refractivity (Wildman–Crippen MR) is 104 cm³/mol. The molecule has 25 heavy (non-hydrogen) atoms. The molecule has 0 unspecified atom stereocenters. The molecule has 1 heterocycles. The quantitative estimate of drug-likeness (QED) is 0.670. The summed E-state index contributed by atoms with van der Waals surface area (Å²) in [6, 6.07) is 18.0. The number of rotatable bonds is 6. The van der Waals surface area contributed by atoms with Crippen LogP contribution >= 0.6 is 11.8 Å². The summed E-state index contributed by atoms with van der Waals surface area (Å²) < 4.78 is 2.02. The van der Waals surface area contributed by atoms with Crippen molar-refractivity contribution in [2.45, 2.75) is 18.5 Å². The summed E-state index contributed by atoms with van der Waals surface area (Å²) in [5, 5.41) is 3.82. The lowest BCUT2D eigenvalue weighted by molar-refractivity contribution is -0.113. The highest BCUT2D eigenvalue weighted by atomic mass is 32.2. The number of carbonyl (C=O) groups excluding carboxylic acids is 1. The highest BCUT2D eigenvalue weighted by molar-refractivity contribution is 7.99. The number of hydrogen-bond acceptors (Lipinski definition) is 3. The highest BCUT2D eigenvalue weighted by Gasteiger charge is 2.12. The molecule has 5 heteroatoms. The lowest BCUT2D eigenvalue weighted by atomic mass is 10.1. The molecule has 1 aromatic heterocycles. The van der Waals surface area contributed by atoms with Gasteiger partial charge in [-0.2, -0.15) is 0 Å². The van der Waals surface area contributed by atoms with Gasteiger partial charge in [-0.3, -0.25) is 4.79 Å². The van der Waals surface area contributed by atoms with Crippen LogP contribution in [0.5, 0.6) is 0 Å². The fraction of sp³-hybridized carbons (Fsp3) is 0.200. The lowest BCUT2D eigenvalue weighted by Crippen LogP contribution is -2.15. The van der Waals surface area contributed by atoms with Gasteiger partial charge >= 0.3 is 0 Å². The van der Waals surface area contributed by atoms with Crippen molar-refractivity contribution < 1.29 is 4.79 Å². The second-order valence-corrected chi connectivity index (χ2v) is 6.64. The summed E-state index contributed by atoms with van der Waals surface area (Å²) in [6.07, 6.45) is 2.74. The molecule has 1 N–H and O–H groups in total. The Morgan fingerprint density at radius 1 is 1.12 bits per heavy atom. The van der Waals surface area contributed by atoms with E-state index in [-0.39, 0.29) is 5.91 Å². The zero-order chi connectivity index (χ0) is 17.6. The van der Waals surface area contributed by atoms with Gasteiger partial charge in [0.05, 0.1) is 17.6 Å². The minimum atomic E-state index is -0.0184. The van der Waals surface area contributed by atoms with Crippen LogP contribution in [0.15, 0.2) is 66.0 Å². The third-order valence-corrected chi connectivity index (χ3v) is 5.06. The van der Waals surface area contributed by atoms with Crippen LogP contribution in [0.3, 0.4) is 0 Å². The summed E-state index contributed by atoms with van der Waals surface area (Å²) in [6.45, 7) is 2.08. The Morgan fingerprint density at radius 3 is 2.60 bits per heavy atom.